The third kappa shape index (κ3) is 4.98. The number of rotatable bonds is 7. The lowest BCUT2D eigenvalue weighted by atomic mass is 9.85. The Labute approximate surface area is 202 Å². The quantitative estimate of drug-likeness (QED) is 0.441. The number of anilines is 1. The average molecular weight is 470 g/mol. The van der Waals surface area contributed by atoms with E-state index in [2.05, 4.69) is 16.7 Å². The Kier molecular flexibility index (Phi) is 7.00. The molecule has 1 aliphatic rings. The van der Waals surface area contributed by atoms with Crippen molar-refractivity contribution < 1.29 is 14.0 Å². The van der Waals surface area contributed by atoms with Crippen LogP contribution in [0.2, 0.25) is 0 Å². The van der Waals surface area contributed by atoms with Crippen LogP contribution >= 0.6 is 11.8 Å². The molecular formula is C27H23N3O3S. The molecule has 0 fully saturated rings. The number of benzene rings is 2. The Balaban J connectivity index is 1.63. The zero-order chi connectivity index (χ0) is 24.1. The number of nitriles is 1. The van der Waals surface area contributed by atoms with Crippen LogP contribution in [0.5, 0.6) is 0 Å². The molecule has 34 heavy (non-hydrogen) atoms. The fourth-order valence-corrected chi connectivity index (χ4v) is 4.73. The molecule has 0 spiro atoms. The molecule has 1 atom stereocenters. The van der Waals surface area contributed by atoms with E-state index in [1.54, 1.807) is 43.3 Å². The summed E-state index contributed by atoms with van der Waals surface area (Å²) in [5.74, 6) is -0.425. The first-order valence-electron chi connectivity index (χ1n) is 10.7. The van der Waals surface area contributed by atoms with Gasteiger partial charge in [-0.25, -0.2) is 0 Å². The van der Waals surface area contributed by atoms with Gasteiger partial charge < -0.3 is 15.1 Å². The molecule has 0 unspecified atom stereocenters. The Morgan fingerprint density at radius 1 is 1.06 bits per heavy atom. The standard InChI is InChI=1S/C27H23N3O3S/c1-17-10-12-19(13-11-17)22(31)16-34-27-21(15-28)25(23-9-6-14-33-23)24(18(2)29-27)26(32)30-20-7-4-3-5-8-20/h3-14,25,29H,16H2,1-2H3,(H,30,32)/t25-/m1/s1. The van der Waals surface area contributed by atoms with Gasteiger partial charge in [0.05, 0.1) is 40.2 Å². The highest BCUT2D eigenvalue weighted by Gasteiger charge is 2.36. The highest BCUT2D eigenvalue weighted by atomic mass is 32.2. The minimum absolute atomic E-state index is 0.0413. The average Bonchev–Trinajstić information content (AvgIpc) is 3.37. The normalized spacial score (nSPS) is 15.5. The number of dihydropyridines is 1. The van der Waals surface area contributed by atoms with Crippen molar-refractivity contribution in [1.82, 2.24) is 5.32 Å². The van der Waals surface area contributed by atoms with E-state index < -0.39 is 5.92 Å². The number of Topliss-reactive ketones (excluding diaryl/α,β-unsaturated/α-hetero) is 1. The smallest absolute Gasteiger partial charge is 0.254 e. The van der Waals surface area contributed by atoms with Crippen LogP contribution in [0.1, 0.15) is 34.5 Å². The first-order valence-corrected chi connectivity index (χ1v) is 11.7. The van der Waals surface area contributed by atoms with Crippen LogP contribution in [0.25, 0.3) is 0 Å². The van der Waals surface area contributed by atoms with Gasteiger partial charge in [-0.05, 0) is 38.1 Å². The number of hydrogen-bond acceptors (Lipinski definition) is 6. The van der Waals surface area contributed by atoms with Crippen LogP contribution in [0.4, 0.5) is 5.69 Å². The van der Waals surface area contributed by atoms with Gasteiger partial charge in [0.25, 0.3) is 5.91 Å². The molecular weight excluding hydrogens is 446 g/mol. The topological polar surface area (TPSA) is 95.1 Å². The van der Waals surface area contributed by atoms with Crippen molar-refractivity contribution in [2.75, 3.05) is 11.1 Å². The maximum Gasteiger partial charge on any atom is 0.254 e. The minimum atomic E-state index is -0.693. The summed E-state index contributed by atoms with van der Waals surface area (Å²) < 4.78 is 5.64. The van der Waals surface area contributed by atoms with Crippen LogP contribution in [0, 0.1) is 18.3 Å². The fraction of sp³-hybridized carbons (Fsp3) is 0.148. The van der Waals surface area contributed by atoms with E-state index >= 15 is 0 Å². The Hall–Kier alpha value is -4.02. The second kappa shape index (κ2) is 10.3. The summed E-state index contributed by atoms with van der Waals surface area (Å²) in [5, 5.41) is 16.7. The molecule has 0 saturated carbocycles. The molecule has 6 nitrogen and oxygen atoms in total. The van der Waals surface area contributed by atoms with Gasteiger partial charge in [0, 0.05) is 16.9 Å². The zero-order valence-electron chi connectivity index (χ0n) is 18.8. The van der Waals surface area contributed by atoms with Gasteiger partial charge in [-0.3, -0.25) is 9.59 Å². The van der Waals surface area contributed by atoms with Crippen molar-refractivity contribution in [3.05, 3.63) is 112 Å². The molecule has 0 saturated heterocycles. The van der Waals surface area contributed by atoms with Crippen LogP contribution < -0.4 is 10.6 Å². The van der Waals surface area contributed by atoms with E-state index in [1.165, 1.54) is 18.0 Å². The number of nitrogens with zero attached hydrogens (tertiary/aromatic N) is 1. The second-order valence-corrected chi connectivity index (χ2v) is 8.85. The third-order valence-corrected chi connectivity index (χ3v) is 6.49. The first-order chi connectivity index (χ1) is 16.5. The number of ketones is 1. The van der Waals surface area contributed by atoms with Gasteiger partial charge in [-0.1, -0.05) is 59.8 Å². The number of amides is 1. The summed E-state index contributed by atoms with van der Waals surface area (Å²) in [6.07, 6.45) is 1.52. The van der Waals surface area contributed by atoms with E-state index in [9.17, 15) is 14.9 Å². The highest BCUT2D eigenvalue weighted by molar-refractivity contribution is 8.03. The van der Waals surface area contributed by atoms with Crippen molar-refractivity contribution >= 4 is 29.1 Å². The number of nitrogens with one attached hydrogen (secondary N) is 2. The minimum Gasteiger partial charge on any atom is -0.468 e. The number of para-hydroxylation sites is 1. The van der Waals surface area contributed by atoms with E-state index in [-0.39, 0.29) is 17.4 Å². The predicted molar refractivity (Wildman–Crippen MR) is 133 cm³/mol. The summed E-state index contributed by atoms with van der Waals surface area (Å²) in [4.78, 5) is 26.0. The molecule has 0 radical (unpaired) electrons. The summed E-state index contributed by atoms with van der Waals surface area (Å²) in [5.41, 5.74) is 3.67. The largest absolute Gasteiger partial charge is 0.468 e. The molecule has 1 aromatic heterocycles. The molecule has 1 aliphatic heterocycles. The van der Waals surface area contributed by atoms with Gasteiger partial charge in [-0.15, -0.1) is 0 Å². The van der Waals surface area contributed by atoms with E-state index in [0.29, 0.717) is 38.9 Å². The molecule has 0 bridgehead atoms. The number of furan rings is 1. The zero-order valence-corrected chi connectivity index (χ0v) is 19.6. The summed E-state index contributed by atoms with van der Waals surface area (Å²) in [7, 11) is 0. The molecule has 2 aromatic carbocycles. The van der Waals surface area contributed by atoms with Gasteiger partial charge in [0.1, 0.15) is 5.76 Å². The van der Waals surface area contributed by atoms with E-state index in [0.717, 1.165) is 5.56 Å². The summed E-state index contributed by atoms with van der Waals surface area (Å²) >= 11 is 1.25. The second-order valence-electron chi connectivity index (χ2n) is 7.86. The number of allylic oxidation sites excluding steroid dienone is 2. The number of thioether (sulfide) groups is 1. The monoisotopic (exact) mass is 469 g/mol. The fourth-order valence-electron chi connectivity index (χ4n) is 3.75. The van der Waals surface area contributed by atoms with Crippen LogP contribution in [0.3, 0.4) is 0 Å². The lowest BCUT2D eigenvalue weighted by molar-refractivity contribution is -0.113. The highest BCUT2D eigenvalue weighted by Crippen LogP contribution is 2.41. The Morgan fingerprint density at radius 3 is 2.44 bits per heavy atom. The van der Waals surface area contributed by atoms with Gasteiger partial charge in [0.15, 0.2) is 5.78 Å². The Bertz CT molecular complexity index is 1300. The van der Waals surface area contributed by atoms with Crippen molar-refractivity contribution in [3.63, 3.8) is 0 Å². The maximum absolute atomic E-state index is 13.3. The molecule has 2 heterocycles. The lowest BCUT2D eigenvalue weighted by Crippen LogP contribution is -2.30. The molecule has 1 amide bonds. The molecule has 7 heteroatoms. The maximum atomic E-state index is 13.3. The summed E-state index contributed by atoms with van der Waals surface area (Å²) in [6.45, 7) is 3.75. The van der Waals surface area contributed by atoms with Crippen LogP contribution in [0.15, 0.2) is 99.3 Å². The number of carbonyl (C=O) groups is 2. The predicted octanol–water partition coefficient (Wildman–Crippen LogP) is 5.54. The lowest BCUT2D eigenvalue weighted by Gasteiger charge is -2.28. The molecule has 0 aliphatic carbocycles. The molecule has 4 rings (SSSR count). The summed E-state index contributed by atoms with van der Waals surface area (Å²) in [6, 6.07) is 22.2. The van der Waals surface area contributed by atoms with E-state index in [4.69, 9.17) is 4.42 Å². The number of carbonyl (C=O) groups excluding carboxylic acids is 2. The van der Waals surface area contributed by atoms with E-state index in [1.807, 2.05) is 37.3 Å². The first kappa shape index (κ1) is 23.1. The SMILES string of the molecule is CC1=C(C(=O)Nc2ccccc2)[C@@H](c2ccco2)C(C#N)=C(SCC(=O)c2ccc(C)cc2)N1. The molecule has 3 aromatic rings. The van der Waals surface area contributed by atoms with Gasteiger partial charge in [0.2, 0.25) is 0 Å². The van der Waals surface area contributed by atoms with Crippen molar-refractivity contribution in [1.29, 1.82) is 5.26 Å². The van der Waals surface area contributed by atoms with Crippen molar-refractivity contribution in [2.45, 2.75) is 19.8 Å². The Morgan fingerprint density at radius 2 is 1.79 bits per heavy atom. The van der Waals surface area contributed by atoms with Crippen LogP contribution in [-0.2, 0) is 4.79 Å². The molecule has 2 N–H and O–H groups in total. The van der Waals surface area contributed by atoms with Gasteiger partial charge >= 0.3 is 0 Å². The number of aryl methyl sites for hydroxylation is 1. The molecule has 170 valence electrons. The number of hydrogen-bond donors (Lipinski definition) is 2. The van der Waals surface area contributed by atoms with Crippen molar-refractivity contribution in [3.8, 4) is 6.07 Å². The van der Waals surface area contributed by atoms with Gasteiger partial charge in [-0.2, -0.15) is 5.26 Å². The third-order valence-electron chi connectivity index (χ3n) is 5.47. The van der Waals surface area contributed by atoms with Crippen LogP contribution in [-0.4, -0.2) is 17.4 Å². The van der Waals surface area contributed by atoms with Crippen molar-refractivity contribution in [2.24, 2.45) is 0 Å².